The van der Waals surface area contributed by atoms with Crippen LogP contribution in [0.4, 0.5) is 4.39 Å². The Morgan fingerprint density at radius 2 is 2.08 bits per heavy atom. The third-order valence-electron chi connectivity index (χ3n) is 4.00. The van der Waals surface area contributed by atoms with Gasteiger partial charge in [0.25, 0.3) is 5.56 Å². The average molecular weight is 325 g/mol. The fourth-order valence-electron chi connectivity index (χ4n) is 2.93. The van der Waals surface area contributed by atoms with Crippen LogP contribution in [0.3, 0.4) is 0 Å². The summed E-state index contributed by atoms with van der Waals surface area (Å²) in [5, 5.41) is 9.45. The highest BCUT2D eigenvalue weighted by Crippen LogP contribution is 2.40. The number of nitrogens with two attached hydrogens (primary N) is 1. The number of allylic oxidation sites excluding steroid dienone is 1. The number of nitriles is 1. The zero-order valence-electron chi connectivity index (χ0n) is 13.1. The second-order valence-electron chi connectivity index (χ2n) is 5.63. The van der Waals surface area contributed by atoms with Crippen LogP contribution >= 0.6 is 0 Å². The summed E-state index contributed by atoms with van der Waals surface area (Å²) >= 11 is 0. The number of nitrogens with one attached hydrogen (secondary N) is 1. The second-order valence-corrected chi connectivity index (χ2v) is 5.63. The van der Waals surface area contributed by atoms with Gasteiger partial charge in [-0.25, -0.2) is 4.39 Å². The predicted octanol–water partition coefficient (Wildman–Crippen LogP) is 2.68. The lowest BCUT2D eigenvalue weighted by Gasteiger charge is -2.26. The Kier molecular flexibility index (Phi) is 4.09. The number of aryl methyl sites for hydroxylation is 1. The van der Waals surface area contributed by atoms with Crippen LogP contribution in [-0.2, 0) is 6.42 Å². The number of H-pyrrole nitrogens is 1. The molecule has 24 heavy (non-hydrogen) atoms. The standard InChI is InChI=1S/C18H16FN3O2/c1-2-3-12-8-14-16(18(23)22-12)15(13(9-20)17(21)24-14)10-4-6-11(19)7-5-10/h4-8,15H,2-3,21H2,1H3,(H,22,23). The number of hydrogen-bond acceptors (Lipinski definition) is 4. The molecule has 1 aromatic carbocycles. The topological polar surface area (TPSA) is 91.9 Å². The molecule has 0 fully saturated rings. The number of pyridine rings is 1. The molecule has 122 valence electrons. The molecule has 0 bridgehead atoms. The largest absolute Gasteiger partial charge is 0.440 e. The highest BCUT2D eigenvalue weighted by Gasteiger charge is 2.33. The molecule has 1 aromatic heterocycles. The molecule has 0 aliphatic carbocycles. The van der Waals surface area contributed by atoms with Crippen LogP contribution in [-0.4, -0.2) is 4.98 Å². The van der Waals surface area contributed by atoms with Gasteiger partial charge in [-0.15, -0.1) is 0 Å². The molecule has 0 radical (unpaired) electrons. The first-order valence-electron chi connectivity index (χ1n) is 7.64. The quantitative estimate of drug-likeness (QED) is 0.907. The van der Waals surface area contributed by atoms with Gasteiger partial charge in [0.2, 0.25) is 5.88 Å². The van der Waals surface area contributed by atoms with E-state index in [0.29, 0.717) is 23.3 Å². The van der Waals surface area contributed by atoms with Gasteiger partial charge in [-0.1, -0.05) is 25.5 Å². The second kappa shape index (κ2) is 6.20. The number of benzene rings is 1. The average Bonchev–Trinajstić information content (AvgIpc) is 2.54. The van der Waals surface area contributed by atoms with Gasteiger partial charge in [-0.05, 0) is 24.1 Å². The van der Waals surface area contributed by atoms with Crippen molar-refractivity contribution in [2.24, 2.45) is 5.73 Å². The summed E-state index contributed by atoms with van der Waals surface area (Å²) in [6.45, 7) is 2.00. The van der Waals surface area contributed by atoms with Crippen molar-refractivity contribution in [3.8, 4) is 11.8 Å². The molecule has 0 saturated carbocycles. The van der Waals surface area contributed by atoms with E-state index in [4.69, 9.17) is 10.5 Å². The number of aromatic nitrogens is 1. The van der Waals surface area contributed by atoms with Gasteiger partial charge in [-0.2, -0.15) is 5.26 Å². The summed E-state index contributed by atoms with van der Waals surface area (Å²) in [7, 11) is 0. The van der Waals surface area contributed by atoms with Gasteiger partial charge in [-0.3, -0.25) is 4.79 Å². The molecule has 3 rings (SSSR count). The number of aromatic amines is 1. The van der Waals surface area contributed by atoms with E-state index in [0.717, 1.165) is 12.1 Å². The fourth-order valence-corrected chi connectivity index (χ4v) is 2.93. The van der Waals surface area contributed by atoms with Crippen LogP contribution in [0.1, 0.15) is 36.1 Å². The minimum absolute atomic E-state index is 0.0348. The van der Waals surface area contributed by atoms with Gasteiger partial charge in [0.1, 0.15) is 23.2 Å². The van der Waals surface area contributed by atoms with Gasteiger partial charge < -0.3 is 15.5 Å². The number of ether oxygens (including phenoxy) is 1. The van der Waals surface area contributed by atoms with Crippen LogP contribution in [0, 0.1) is 17.1 Å². The van der Waals surface area contributed by atoms with Gasteiger partial charge in [0, 0.05) is 11.8 Å². The van der Waals surface area contributed by atoms with E-state index in [1.807, 2.05) is 13.0 Å². The molecule has 0 spiro atoms. The molecular weight excluding hydrogens is 309 g/mol. The summed E-state index contributed by atoms with van der Waals surface area (Å²) in [4.78, 5) is 15.4. The first-order chi connectivity index (χ1) is 11.5. The Hall–Kier alpha value is -3.07. The van der Waals surface area contributed by atoms with Gasteiger partial charge in [0.15, 0.2) is 0 Å². The van der Waals surface area contributed by atoms with Crippen molar-refractivity contribution in [2.45, 2.75) is 25.7 Å². The third-order valence-corrected chi connectivity index (χ3v) is 4.00. The Morgan fingerprint density at radius 1 is 1.38 bits per heavy atom. The molecule has 2 heterocycles. The van der Waals surface area contributed by atoms with Gasteiger partial charge in [0.05, 0.1) is 11.5 Å². The lowest BCUT2D eigenvalue weighted by atomic mass is 9.84. The molecule has 2 aromatic rings. The van der Waals surface area contributed by atoms with Crippen molar-refractivity contribution in [1.29, 1.82) is 5.26 Å². The number of fused-ring (bicyclic) bond motifs is 1. The first-order valence-corrected chi connectivity index (χ1v) is 7.64. The highest BCUT2D eigenvalue weighted by molar-refractivity contribution is 5.55. The van der Waals surface area contributed by atoms with E-state index in [9.17, 15) is 14.4 Å². The van der Waals surface area contributed by atoms with Crippen molar-refractivity contribution < 1.29 is 9.13 Å². The van der Waals surface area contributed by atoms with E-state index >= 15 is 0 Å². The minimum Gasteiger partial charge on any atom is -0.440 e. The molecule has 5 nitrogen and oxygen atoms in total. The molecular formula is C18H16FN3O2. The normalized spacial score (nSPS) is 16.3. The lowest BCUT2D eigenvalue weighted by molar-refractivity contribution is 0.391. The van der Waals surface area contributed by atoms with Crippen molar-refractivity contribution in [3.63, 3.8) is 0 Å². The highest BCUT2D eigenvalue weighted by atomic mass is 19.1. The first kappa shape index (κ1) is 15.8. The van der Waals surface area contributed by atoms with Crippen LogP contribution < -0.4 is 16.0 Å². The predicted molar refractivity (Wildman–Crippen MR) is 86.8 cm³/mol. The fraction of sp³-hybridized carbons (Fsp3) is 0.222. The summed E-state index contributed by atoms with van der Waals surface area (Å²) in [6.07, 6.45) is 1.56. The van der Waals surface area contributed by atoms with E-state index in [1.54, 1.807) is 18.2 Å². The SMILES string of the molecule is CCCc1cc2c(c(=O)[nH]1)C(c1ccc(F)cc1)C(C#N)=C(N)O2. The Bertz CT molecular complexity index is 907. The lowest BCUT2D eigenvalue weighted by Crippen LogP contribution is -2.28. The number of halogens is 1. The van der Waals surface area contributed by atoms with Crippen LogP contribution in [0.5, 0.6) is 5.75 Å². The molecule has 1 atom stereocenters. The molecule has 1 unspecified atom stereocenters. The van der Waals surface area contributed by atoms with Crippen LogP contribution in [0.15, 0.2) is 46.6 Å². The molecule has 6 heteroatoms. The van der Waals surface area contributed by atoms with Crippen molar-refractivity contribution in [3.05, 3.63) is 74.8 Å². The zero-order valence-corrected chi connectivity index (χ0v) is 13.1. The van der Waals surface area contributed by atoms with E-state index in [2.05, 4.69) is 4.98 Å². The van der Waals surface area contributed by atoms with E-state index < -0.39 is 11.7 Å². The number of hydrogen-bond donors (Lipinski definition) is 2. The van der Waals surface area contributed by atoms with E-state index in [-0.39, 0.29) is 17.0 Å². The Morgan fingerprint density at radius 3 is 2.71 bits per heavy atom. The molecule has 3 N–H and O–H groups in total. The van der Waals surface area contributed by atoms with Crippen molar-refractivity contribution >= 4 is 0 Å². The molecule has 0 saturated heterocycles. The summed E-state index contributed by atoms with van der Waals surface area (Å²) in [5.74, 6) is -0.770. The summed E-state index contributed by atoms with van der Waals surface area (Å²) in [5.41, 5.74) is 7.36. The maximum absolute atomic E-state index is 13.2. The summed E-state index contributed by atoms with van der Waals surface area (Å²) in [6, 6.07) is 9.40. The maximum Gasteiger partial charge on any atom is 0.256 e. The Balaban J connectivity index is 2.23. The maximum atomic E-state index is 13.2. The van der Waals surface area contributed by atoms with E-state index in [1.165, 1.54) is 12.1 Å². The monoisotopic (exact) mass is 325 g/mol. The smallest absolute Gasteiger partial charge is 0.256 e. The third kappa shape index (κ3) is 2.65. The zero-order chi connectivity index (χ0) is 17.3. The number of rotatable bonds is 3. The van der Waals surface area contributed by atoms with Crippen LogP contribution in [0.2, 0.25) is 0 Å². The minimum atomic E-state index is -0.682. The summed E-state index contributed by atoms with van der Waals surface area (Å²) < 4.78 is 18.7. The van der Waals surface area contributed by atoms with Gasteiger partial charge >= 0.3 is 0 Å². The Labute approximate surface area is 138 Å². The molecule has 0 amide bonds. The van der Waals surface area contributed by atoms with Crippen molar-refractivity contribution in [2.75, 3.05) is 0 Å². The van der Waals surface area contributed by atoms with Crippen LogP contribution in [0.25, 0.3) is 0 Å². The van der Waals surface area contributed by atoms with Crippen molar-refractivity contribution in [1.82, 2.24) is 4.98 Å². The number of nitrogens with zero attached hydrogens (tertiary/aromatic N) is 1. The molecule has 1 aliphatic heterocycles. The molecule has 1 aliphatic rings.